The molecule has 0 fully saturated rings. The minimum absolute atomic E-state index is 0.0799. The Bertz CT molecular complexity index is 476. The Labute approximate surface area is 124 Å². The normalized spacial score (nSPS) is 11.2. The van der Waals surface area contributed by atoms with Gasteiger partial charge in [0.2, 0.25) is 0 Å². The third-order valence-electron chi connectivity index (χ3n) is 2.46. The average molecular weight is 296 g/mol. The third kappa shape index (κ3) is 4.52. The molecule has 5 nitrogen and oxygen atoms in total. The van der Waals surface area contributed by atoms with Crippen molar-refractivity contribution in [2.24, 2.45) is 0 Å². The van der Waals surface area contributed by atoms with Gasteiger partial charge in [0.1, 0.15) is 10.7 Å². The molecule has 0 bridgehead atoms. The number of carbonyl (C=O) groups excluding carboxylic acids is 1. The topological polar surface area (TPSA) is 71.2 Å². The minimum Gasteiger partial charge on any atom is -0.382 e. The molecule has 0 atom stereocenters. The second-order valence-electron chi connectivity index (χ2n) is 5.65. The zero-order valence-electron chi connectivity index (χ0n) is 12.7. The van der Waals surface area contributed by atoms with E-state index < -0.39 is 0 Å². The number of thiazole rings is 1. The Morgan fingerprint density at radius 3 is 2.70 bits per heavy atom. The summed E-state index contributed by atoms with van der Waals surface area (Å²) in [4.78, 5) is 18.9. The maximum absolute atomic E-state index is 12.5. The number of amides is 1. The van der Waals surface area contributed by atoms with Gasteiger partial charge in [-0.25, -0.2) is 4.98 Å². The summed E-state index contributed by atoms with van der Waals surface area (Å²) >= 11 is 1.30. The molecule has 0 unspecified atom stereocenters. The fourth-order valence-electron chi connectivity index (χ4n) is 1.70. The van der Waals surface area contributed by atoms with E-state index in [-0.39, 0.29) is 17.3 Å². The molecule has 3 N–H and O–H groups in total. The molecule has 1 aromatic rings. The summed E-state index contributed by atoms with van der Waals surface area (Å²) in [5.41, 5.74) is 5.76. The van der Waals surface area contributed by atoms with Gasteiger partial charge in [-0.2, -0.15) is 0 Å². The van der Waals surface area contributed by atoms with Gasteiger partial charge in [-0.15, -0.1) is 6.58 Å². The second-order valence-corrected chi connectivity index (χ2v) is 6.65. The van der Waals surface area contributed by atoms with Crippen molar-refractivity contribution in [1.82, 2.24) is 9.88 Å². The summed E-state index contributed by atoms with van der Waals surface area (Å²) in [6.45, 7) is 13.0. The number of hydrogen-bond donors (Lipinski definition) is 2. The minimum atomic E-state index is -0.116. The van der Waals surface area contributed by atoms with Crippen LogP contribution in [0.15, 0.2) is 12.7 Å². The first kappa shape index (κ1) is 16.5. The Morgan fingerprint density at radius 2 is 2.20 bits per heavy atom. The van der Waals surface area contributed by atoms with Crippen LogP contribution in [0.3, 0.4) is 0 Å². The van der Waals surface area contributed by atoms with E-state index in [0.717, 1.165) is 6.42 Å². The highest BCUT2D eigenvalue weighted by molar-refractivity contribution is 7.18. The number of anilines is 2. The predicted octanol–water partition coefficient (Wildman–Crippen LogP) is 2.97. The van der Waals surface area contributed by atoms with Crippen LogP contribution in [-0.4, -0.2) is 34.4 Å². The van der Waals surface area contributed by atoms with Crippen LogP contribution in [0.25, 0.3) is 0 Å². The van der Waals surface area contributed by atoms with Gasteiger partial charge < -0.3 is 16.0 Å². The molecule has 1 heterocycles. The molecule has 0 aliphatic rings. The molecule has 0 aliphatic carbocycles. The maximum Gasteiger partial charge on any atom is 0.268 e. The lowest BCUT2D eigenvalue weighted by molar-refractivity contribution is 0.0779. The van der Waals surface area contributed by atoms with E-state index in [1.54, 1.807) is 11.0 Å². The van der Waals surface area contributed by atoms with Crippen LogP contribution >= 0.6 is 11.3 Å². The number of carbonyl (C=O) groups is 1. The number of hydrogen-bond acceptors (Lipinski definition) is 5. The van der Waals surface area contributed by atoms with E-state index in [1.807, 2.05) is 27.7 Å². The summed E-state index contributed by atoms with van der Waals surface area (Å²) < 4.78 is 0. The molecule has 0 saturated heterocycles. The van der Waals surface area contributed by atoms with Gasteiger partial charge in [-0.05, 0) is 27.2 Å². The highest BCUT2D eigenvalue weighted by Gasteiger charge is 2.22. The second kappa shape index (κ2) is 6.74. The summed E-state index contributed by atoms with van der Waals surface area (Å²) in [6.07, 6.45) is 2.62. The van der Waals surface area contributed by atoms with Gasteiger partial charge in [0, 0.05) is 18.6 Å². The quantitative estimate of drug-likeness (QED) is 0.792. The number of nitrogens with zero attached hydrogens (tertiary/aromatic N) is 2. The number of rotatable bonds is 6. The van der Waals surface area contributed by atoms with Crippen LogP contribution in [0, 0.1) is 0 Å². The zero-order valence-corrected chi connectivity index (χ0v) is 13.5. The van der Waals surface area contributed by atoms with Gasteiger partial charge in [-0.1, -0.05) is 24.3 Å². The van der Waals surface area contributed by atoms with Crippen molar-refractivity contribution in [2.45, 2.75) is 39.7 Å². The molecule has 0 saturated carbocycles. The van der Waals surface area contributed by atoms with Crippen molar-refractivity contribution in [3.63, 3.8) is 0 Å². The largest absolute Gasteiger partial charge is 0.382 e. The highest BCUT2D eigenvalue weighted by atomic mass is 32.1. The molecule has 1 aromatic heterocycles. The highest BCUT2D eigenvalue weighted by Crippen LogP contribution is 2.28. The average Bonchev–Trinajstić information content (AvgIpc) is 2.66. The Kier molecular flexibility index (Phi) is 5.56. The molecule has 0 aliphatic heterocycles. The van der Waals surface area contributed by atoms with Crippen molar-refractivity contribution in [1.29, 1.82) is 0 Å². The Balaban J connectivity index is 2.94. The lowest BCUT2D eigenvalue weighted by Crippen LogP contribution is -2.31. The molecule has 0 radical (unpaired) electrons. The molecule has 112 valence electrons. The van der Waals surface area contributed by atoms with Crippen molar-refractivity contribution in [2.75, 3.05) is 24.1 Å². The number of aromatic nitrogens is 1. The monoisotopic (exact) mass is 296 g/mol. The maximum atomic E-state index is 12.5. The summed E-state index contributed by atoms with van der Waals surface area (Å²) in [6, 6.07) is 0. The van der Waals surface area contributed by atoms with Crippen LogP contribution in [0.5, 0.6) is 0 Å². The van der Waals surface area contributed by atoms with Crippen LogP contribution in [0.1, 0.15) is 43.8 Å². The smallest absolute Gasteiger partial charge is 0.268 e. The van der Waals surface area contributed by atoms with Gasteiger partial charge in [0.05, 0.1) is 0 Å². The van der Waals surface area contributed by atoms with Crippen molar-refractivity contribution in [3.05, 3.63) is 17.5 Å². The number of nitrogens with one attached hydrogen (secondary N) is 1. The molecule has 0 spiro atoms. The molecule has 20 heavy (non-hydrogen) atoms. The molecular weight excluding hydrogens is 272 g/mol. The van der Waals surface area contributed by atoms with Crippen molar-refractivity contribution >= 4 is 28.2 Å². The van der Waals surface area contributed by atoms with Gasteiger partial charge in [0.15, 0.2) is 5.13 Å². The van der Waals surface area contributed by atoms with E-state index in [2.05, 4.69) is 16.9 Å². The number of nitrogens with two attached hydrogens (primary N) is 1. The Morgan fingerprint density at radius 1 is 1.55 bits per heavy atom. The van der Waals surface area contributed by atoms with E-state index in [0.29, 0.717) is 23.1 Å². The van der Waals surface area contributed by atoms with E-state index in [9.17, 15) is 4.79 Å². The summed E-state index contributed by atoms with van der Waals surface area (Å²) in [7, 11) is 0. The van der Waals surface area contributed by atoms with Crippen molar-refractivity contribution < 1.29 is 4.79 Å². The molecule has 1 rings (SSSR count). The van der Waals surface area contributed by atoms with E-state index in [4.69, 9.17) is 5.73 Å². The van der Waals surface area contributed by atoms with Gasteiger partial charge >= 0.3 is 0 Å². The number of nitrogen functional groups attached to an aromatic ring is 1. The summed E-state index contributed by atoms with van der Waals surface area (Å²) in [5.74, 6) is 0.209. The molecule has 1 amide bonds. The molecule has 6 heteroatoms. The van der Waals surface area contributed by atoms with E-state index >= 15 is 0 Å². The molecular formula is C14H24N4OS. The Hall–Kier alpha value is -1.56. The van der Waals surface area contributed by atoms with Crippen LogP contribution < -0.4 is 11.1 Å². The third-order valence-corrected chi connectivity index (χ3v) is 3.43. The first-order valence-electron chi connectivity index (χ1n) is 6.73. The first-order chi connectivity index (χ1) is 9.28. The summed E-state index contributed by atoms with van der Waals surface area (Å²) in [5, 5.41) is 3.91. The van der Waals surface area contributed by atoms with Crippen LogP contribution in [0.4, 0.5) is 10.9 Å². The first-order valence-corrected chi connectivity index (χ1v) is 7.54. The lowest BCUT2D eigenvalue weighted by atomic mass is 10.1. The van der Waals surface area contributed by atoms with Crippen LogP contribution in [-0.2, 0) is 0 Å². The van der Waals surface area contributed by atoms with Gasteiger partial charge in [0.25, 0.3) is 5.91 Å². The zero-order chi connectivity index (χ0) is 15.3. The lowest BCUT2D eigenvalue weighted by Gasteiger charge is -2.20. The predicted molar refractivity (Wildman–Crippen MR) is 86.3 cm³/mol. The fourth-order valence-corrected chi connectivity index (χ4v) is 2.77. The molecule has 0 aromatic carbocycles. The van der Waals surface area contributed by atoms with E-state index in [1.165, 1.54) is 11.3 Å². The van der Waals surface area contributed by atoms with Gasteiger partial charge in [-0.3, -0.25) is 4.79 Å². The fraction of sp³-hybridized carbons (Fsp3) is 0.571. The van der Waals surface area contributed by atoms with Crippen molar-refractivity contribution in [3.8, 4) is 0 Å². The van der Waals surface area contributed by atoms with Crippen LogP contribution in [0.2, 0.25) is 0 Å². The standard InChI is InChI=1S/C14H24N4OS/c1-6-8-18(9-7-2)12(19)10-11(15)16-13(20-10)17-14(3,4)5/h6H,1,7-9,15H2,2-5H3,(H,16,17). The SMILES string of the molecule is C=CCN(CCC)C(=O)c1sc(NC(C)(C)C)nc1N.